The molecule has 0 saturated heterocycles. The molecule has 1 N–H and O–H groups in total. The van der Waals surface area contributed by atoms with Gasteiger partial charge in [0.05, 0.1) is 18.5 Å². The van der Waals surface area contributed by atoms with Crippen LogP contribution in [0.15, 0.2) is 59.7 Å². The number of halogens is 1. The first kappa shape index (κ1) is 17.5. The van der Waals surface area contributed by atoms with Crippen LogP contribution in [0.3, 0.4) is 0 Å². The topological polar surface area (TPSA) is 59.3 Å². The van der Waals surface area contributed by atoms with E-state index in [1.807, 2.05) is 36.7 Å². The molecule has 3 aromatic rings. The Labute approximate surface area is 151 Å². The van der Waals surface area contributed by atoms with E-state index in [9.17, 15) is 9.18 Å². The highest BCUT2D eigenvalue weighted by molar-refractivity contribution is 5.94. The van der Waals surface area contributed by atoms with E-state index in [1.54, 1.807) is 24.3 Å². The summed E-state index contributed by atoms with van der Waals surface area (Å²) in [6, 6.07) is 15.2. The molecule has 3 rings (SSSR count). The molecule has 0 aliphatic carbocycles. The molecule has 132 valence electrons. The predicted octanol–water partition coefficient (Wildman–Crippen LogP) is 3.45. The summed E-state index contributed by atoms with van der Waals surface area (Å²) in [7, 11) is 0. The van der Waals surface area contributed by atoms with Crippen LogP contribution in [0.4, 0.5) is 4.39 Å². The number of hydrogen-bond acceptors (Lipinski definition) is 3. The molecule has 0 bridgehead atoms. The summed E-state index contributed by atoms with van der Waals surface area (Å²) < 4.78 is 14.8. The molecule has 1 amide bonds. The molecule has 0 spiro atoms. The van der Waals surface area contributed by atoms with Crippen molar-refractivity contribution in [2.24, 2.45) is 5.10 Å². The van der Waals surface area contributed by atoms with Gasteiger partial charge in [0.25, 0.3) is 5.91 Å². The first-order chi connectivity index (χ1) is 12.5. The Morgan fingerprint density at radius 2 is 1.85 bits per heavy atom. The Morgan fingerprint density at radius 3 is 2.46 bits per heavy atom. The van der Waals surface area contributed by atoms with Gasteiger partial charge in [-0.2, -0.15) is 10.2 Å². The van der Waals surface area contributed by atoms with Gasteiger partial charge in [0.2, 0.25) is 0 Å². The molecule has 0 fully saturated rings. The van der Waals surface area contributed by atoms with Gasteiger partial charge in [-0.1, -0.05) is 24.3 Å². The van der Waals surface area contributed by atoms with Crippen LogP contribution in [0.2, 0.25) is 0 Å². The van der Waals surface area contributed by atoms with E-state index in [0.717, 1.165) is 17.0 Å². The van der Waals surface area contributed by atoms with Crippen molar-refractivity contribution >= 4 is 12.1 Å². The van der Waals surface area contributed by atoms with Gasteiger partial charge in [-0.3, -0.25) is 9.48 Å². The molecular weight excluding hydrogens is 331 g/mol. The van der Waals surface area contributed by atoms with Crippen LogP contribution in [0.5, 0.6) is 0 Å². The second kappa shape index (κ2) is 7.74. The predicted molar refractivity (Wildman–Crippen MR) is 98.7 cm³/mol. The molecule has 0 aliphatic heterocycles. The molecule has 1 aromatic heterocycles. The fourth-order valence-corrected chi connectivity index (χ4v) is 2.55. The SMILES string of the molecule is Cc1cc(C)n(Cc2ccc(C(=O)NN=Cc3ccc(F)cc3)cc2)n1. The second-order valence-electron chi connectivity index (χ2n) is 6.03. The van der Waals surface area contributed by atoms with E-state index in [1.165, 1.54) is 18.3 Å². The molecule has 1 heterocycles. The van der Waals surface area contributed by atoms with Crippen molar-refractivity contribution in [2.45, 2.75) is 20.4 Å². The lowest BCUT2D eigenvalue weighted by molar-refractivity contribution is 0.0955. The number of aryl methyl sites for hydroxylation is 2. The lowest BCUT2D eigenvalue weighted by Crippen LogP contribution is -2.17. The van der Waals surface area contributed by atoms with E-state index in [4.69, 9.17) is 0 Å². The number of carbonyl (C=O) groups excluding carboxylic acids is 1. The molecule has 0 atom stereocenters. The highest BCUT2D eigenvalue weighted by Gasteiger charge is 2.06. The third kappa shape index (κ3) is 4.42. The molecule has 0 radical (unpaired) electrons. The second-order valence-corrected chi connectivity index (χ2v) is 6.03. The standard InChI is InChI=1S/C20H19FN4O/c1-14-11-15(2)25(24-14)13-17-3-7-18(8-4-17)20(26)23-22-12-16-5-9-19(21)10-6-16/h3-12H,13H2,1-2H3,(H,23,26). The van der Waals surface area contributed by atoms with Crippen LogP contribution in [-0.4, -0.2) is 21.9 Å². The Hall–Kier alpha value is -3.28. The van der Waals surface area contributed by atoms with Crippen molar-refractivity contribution in [3.63, 3.8) is 0 Å². The van der Waals surface area contributed by atoms with Gasteiger partial charge in [0, 0.05) is 11.3 Å². The van der Waals surface area contributed by atoms with Crippen LogP contribution in [0, 0.1) is 19.7 Å². The Bertz CT molecular complexity index is 927. The summed E-state index contributed by atoms with van der Waals surface area (Å²) in [5.74, 6) is -0.618. The average molecular weight is 350 g/mol. The van der Waals surface area contributed by atoms with Crippen LogP contribution in [0.25, 0.3) is 0 Å². The van der Waals surface area contributed by atoms with E-state index < -0.39 is 0 Å². The Balaban J connectivity index is 1.59. The smallest absolute Gasteiger partial charge is 0.267 e. The minimum atomic E-state index is -0.313. The van der Waals surface area contributed by atoms with Crippen LogP contribution in [0.1, 0.15) is 32.9 Å². The quantitative estimate of drug-likeness (QED) is 0.566. The minimum Gasteiger partial charge on any atom is -0.267 e. The van der Waals surface area contributed by atoms with Gasteiger partial charge >= 0.3 is 0 Å². The van der Waals surface area contributed by atoms with Crippen molar-refractivity contribution < 1.29 is 9.18 Å². The third-order valence-electron chi connectivity index (χ3n) is 3.90. The molecule has 0 aliphatic rings. The molecule has 0 saturated carbocycles. The zero-order valence-corrected chi connectivity index (χ0v) is 14.6. The summed E-state index contributed by atoms with van der Waals surface area (Å²) in [5.41, 5.74) is 6.81. The lowest BCUT2D eigenvalue weighted by Gasteiger charge is -2.06. The maximum Gasteiger partial charge on any atom is 0.271 e. The summed E-state index contributed by atoms with van der Waals surface area (Å²) >= 11 is 0. The summed E-state index contributed by atoms with van der Waals surface area (Å²) in [4.78, 5) is 12.1. The normalized spacial score (nSPS) is 11.0. The maximum atomic E-state index is 12.8. The zero-order chi connectivity index (χ0) is 18.5. The highest BCUT2D eigenvalue weighted by atomic mass is 19.1. The van der Waals surface area contributed by atoms with Crippen molar-refractivity contribution in [3.8, 4) is 0 Å². The summed E-state index contributed by atoms with van der Waals surface area (Å²) in [5, 5.41) is 8.32. The van der Waals surface area contributed by atoms with Gasteiger partial charge in [-0.25, -0.2) is 9.82 Å². The number of rotatable bonds is 5. The van der Waals surface area contributed by atoms with Crippen LogP contribution >= 0.6 is 0 Å². The summed E-state index contributed by atoms with van der Waals surface area (Å²) in [6.07, 6.45) is 1.47. The Morgan fingerprint density at radius 1 is 1.15 bits per heavy atom. The molecule has 26 heavy (non-hydrogen) atoms. The van der Waals surface area contributed by atoms with Crippen LogP contribution in [-0.2, 0) is 6.54 Å². The molecule has 5 nitrogen and oxygen atoms in total. The van der Waals surface area contributed by atoms with E-state index in [2.05, 4.69) is 15.6 Å². The van der Waals surface area contributed by atoms with E-state index in [0.29, 0.717) is 17.7 Å². The molecule has 2 aromatic carbocycles. The largest absolute Gasteiger partial charge is 0.271 e. The van der Waals surface area contributed by atoms with Crippen molar-refractivity contribution in [1.82, 2.24) is 15.2 Å². The average Bonchev–Trinajstić information content (AvgIpc) is 2.94. The van der Waals surface area contributed by atoms with Gasteiger partial charge in [-0.05, 0) is 55.3 Å². The fourth-order valence-electron chi connectivity index (χ4n) is 2.55. The first-order valence-electron chi connectivity index (χ1n) is 8.20. The van der Waals surface area contributed by atoms with Gasteiger partial charge in [0.1, 0.15) is 5.82 Å². The number of hydrogen-bond donors (Lipinski definition) is 1. The van der Waals surface area contributed by atoms with Gasteiger partial charge in [0.15, 0.2) is 0 Å². The zero-order valence-electron chi connectivity index (χ0n) is 14.6. The first-order valence-corrected chi connectivity index (χ1v) is 8.20. The highest BCUT2D eigenvalue weighted by Crippen LogP contribution is 2.09. The van der Waals surface area contributed by atoms with Crippen molar-refractivity contribution in [1.29, 1.82) is 0 Å². The molecule has 0 unspecified atom stereocenters. The lowest BCUT2D eigenvalue weighted by atomic mass is 10.1. The number of aromatic nitrogens is 2. The Kier molecular flexibility index (Phi) is 5.22. The third-order valence-corrected chi connectivity index (χ3v) is 3.90. The number of nitrogens with one attached hydrogen (secondary N) is 1. The number of nitrogens with zero attached hydrogens (tertiary/aromatic N) is 3. The number of benzene rings is 2. The van der Waals surface area contributed by atoms with Crippen LogP contribution < -0.4 is 5.43 Å². The van der Waals surface area contributed by atoms with Gasteiger partial charge in [-0.15, -0.1) is 0 Å². The molecular formula is C20H19FN4O. The monoisotopic (exact) mass is 350 g/mol. The van der Waals surface area contributed by atoms with Gasteiger partial charge < -0.3 is 0 Å². The number of hydrazone groups is 1. The van der Waals surface area contributed by atoms with E-state index in [-0.39, 0.29) is 11.7 Å². The maximum absolute atomic E-state index is 12.8. The van der Waals surface area contributed by atoms with E-state index >= 15 is 0 Å². The summed E-state index contributed by atoms with van der Waals surface area (Å²) in [6.45, 7) is 4.63. The molecule has 6 heteroatoms. The van der Waals surface area contributed by atoms with Crippen molar-refractivity contribution in [2.75, 3.05) is 0 Å². The number of amides is 1. The fraction of sp³-hybridized carbons (Fsp3) is 0.150. The van der Waals surface area contributed by atoms with Crippen molar-refractivity contribution in [3.05, 3.63) is 88.5 Å². The minimum absolute atomic E-state index is 0.305. The number of carbonyl (C=O) groups is 1.